The summed E-state index contributed by atoms with van der Waals surface area (Å²) in [7, 11) is 0. The minimum atomic E-state index is -0.440. The molecule has 0 N–H and O–H groups in total. The molecule has 0 saturated heterocycles. The molecule has 14 rings (SSSR count). The summed E-state index contributed by atoms with van der Waals surface area (Å²) in [5.74, 6) is 0.0646. The van der Waals surface area contributed by atoms with Gasteiger partial charge in [0.25, 0.3) is 0 Å². The lowest BCUT2D eigenvalue weighted by Gasteiger charge is -2.35. The lowest BCUT2D eigenvalue weighted by molar-refractivity contribution is 0.671. The van der Waals surface area contributed by atoms with Crippen LogP contribution in [0.3, 0.4) is 0 Å². The van der Waals surface area contributed by atoms with E-state index in [0.717, 1.165) is 33.9 Å². The van der Waals surface area contributed by atoms with Crippen LogP contribution in [0.4, 0.5) is 0 Å². The molecule has 11 aromatic rings. The minimum absolute atomic E-state index is 0.0646. The molecule has 0 aliphatic heterocycles. The molecule has 1 atom stereocenters. The van der Waals surface area contributed by atoms with Crippen LogP contribution in [0.5, 0.6) is 0 Å². The van der Waals surface area contributed by atoms with Gasteiger partial charge in [-0.05, 0) is 102 Å². The number of hydrogen-bond donors (Lipinski definition) is 0. The maximum Gasteiger partial charge on any atom is 0.0975 e. The maximum absolute atomic E-state index is 5.53. The van der Waals surface area contributed by atoms with Gasteiger partial charge in [0.05, 0.1) is 22.1 Å². The van der Waals surface area contributed by atoms with Gasteiger partial charge in [0, 0.05) is 43.1 Å². The zero-order valence-corrected chi connectivity index (χ0v) is 34.5. The first kappa shape index (κ1) is 34.3. The summed E-state index contributed by atoms with van der Waals surface area (Å²) in [5, 5.41) is 7.38. The van der Waals surface area contributed by atoms with E-state index in [1.807, 2.05) is 17.5 Å². The summed E-state index contributed by atoms with van der Waals surface area (Å²) in [4.78, 5) is 10.7. The van der Waals surface area contributed by atoms with Gasteiger partial charge in [0.1, 0.15) is 0 Å². The van der Waals surface area contributed by atoms with Crippen molar-refractivity contribution in [1.29, 1.82) is 0 Å². The number of hydrogen-bond acceptors (Lipinski definition) is 3. The molecule has 2 heterocycles. The Kier molecular flexibility index (Phi) is 7.06. The van der Waals surface area contributed by atoms with E-state index in [2.05, 4.69) is 194 Å². The van der Waals surface area contributed by atoms with Gasteiger partial charge >= 0.3 is 0 Å². The van der Waals surface area contributed by atoms with Crippen molar-refractivity contribution in [3.63, 3.8) is 0 Å². The number of thiophene rings is 1. The normalized spacial score (nSPS) is 15.8. The van der Waals surface area contributed by atoms with Gasteiger partial charge in [-0.1, -0.05) is 176 Å². The predicted molar refractivity (Wildman–Crippen MR) is 260 cm³/mol. The Morgan fingerprint density at radius 2 is 1.08 bits per heavy atom. The molecule has 62 heavy (non-hydrogen) atoms. The van der Waals surface area contributed by atoms with Crippen LogP contribution in [0.1, 0.15) is 40.3 Å². The van der Waals surface area contributed by atoms with Crippen LogP contribution < -0.4 is 0 Å². The Hall–Kier alpha value is -7.46. The molecule has 2 aromatic heterocycles. The van der Waals surface area contributed by atoms with Gasteiger partial charge in [0.2, 0.25) is 0 Å². The maximum atomic E-state index is 5.53. The zero-order chi connectivity index (χ0) is 40.5. The third-order valence-electron chi connectivity index (χ3n) is 14.1. The summed E-state index contributed by atoms with van der Waals surface area (Å²) < 4.78 is 2.67. The molecule has 0 saturated carbocycles. The van der Waals surface area contributed by atoms with Crippen molar-refractivity contribution in [2.75, 3.05) is 0 Å². The molecule has 0 fully saturated rings. The highest BCUT2D eigenvalue weighted by Gasteiger charge is 2.53. The van der Waals surface area contributed by atoms with E-state index in [-0.39, 0.29) is 5.92 Å². The average molecular weight is 805 g/mol. The molecule has 2 nitrogen and oxygen atoms in total. The van der Waals surface area contributed by atoms with Crippen LogP contribution in [0.2, 0.25) is 0 Å². The number of fused-ring (bicyclic) bond motifs is 18. The topological polar surface area (TPSA) is 25.8 Å². The molecule has 3 aliphatic rings. The quantitative estimate of drug-likeness (QED) is 0.166. The first-order valence-electron chi connectivity index (χ1n) is 21.6. The average Bonchev–Trinajstić information content (AvgIpc) is 3.98. The SMILES string of the molecule is C1=CC(c2cnc3c4ccccc4c4ccccc4c3n2)CC2=C1c1ccc(-c3cccc(-c4cccc5c4sc4ccccc45)c3)cc1C21c2ccccc2-c2ccccc21. The fourth-order valence-corrected chi connectivity index (χ4v) is 12.7. The highest BCUT2D eigenvalue weighted by Crippen LogP contribution is 2.64. The monoisotopic (exact) mass is 804 g/mol. The van der Waals surface area contributed by atoms with Crippen molar-refractivity contribution in [2.45, 2.75) is 17.8 Å². The van der Waals surface area contributed by atoms with Crippen LogP contribution in [-0.4, -0.2) is 9.97 Å². The van der Waals surface area contributed by atoms with E-state index in [1.54, 1.807) is 0 Å². The molecule has 3 heteroatoms. The summed E-state index contributed by atoms with van der Waals surface area (Å²) in [6.07, 6.45) is 7.68. The van der Waals surface area contributed by atoms with E-state index in [0.29, 0.717) is 0 Å². The first-order valence-corrected chi connectivity index (χ1v) is 22.4. The first-order chi connectivity index (χ1) is 30.7. The number of allylic oxidation sites excluding steroid dienone is 4. The standard InChI is InChI=1S/C59H36N2S/c1-3-20-47-40(15-1)41-16-2-4-21-48(41)57-56(47)60-34-54(61-57)38-28-30-45-44-29-27-36(32-52(44)59(53(45)33-38)50-24-8-5-17-42(50)43-18-6-9-25-51(43)59)35-13-11-14-37(31-35)39-22-12-23-49-46-19-7-10-26-55(46)62-58(39)49/h1-32,34,38H,33H2. The number of rotatable bonds is 3. The van der Waals surface area contributed by atoms with Gasteiger partial charge in [-0.2, -0.15) is 0 Å². The molecule has 3 aliphatic carbocycles. The van der Waals surface area contributed by atoms with Crippen LogP contribution >= 0.6 is 11.3 Å². The van der Waals surface area contributed by atoms with Crippen molar-refractivity contribution in [3.05, 3.63) is 234 Å². The molecular formula is C59H36N2S. The van der Waals surface area contributed by atoms with Crippen molar-refractivity contribution in [3.8, 4) is 33.4 Å². The van der Waals surface area contributed by atoms with Crippen LogP contribution in [0, 0.1) is 0 Å². The second-order valence-electron chi connectivity index (χ2n) is 17.1. The minimum Gasteiger partial charge on any atom is -0.252 e. The largest absolute Gasteiger partial charge is 0.252 e. The molecule has 0 bridgehead atoms. The third kappa shape index (κ3) is 4.58. The molecular weight excluding hydrogens is 769 g/mol. The van der Waals surface area contributed by atoms with E-state index in [4.69, 9.17) is 9.97 Å². The molecule has 0 radical (unpaired) electrons. The van der Waals surface area contributed by atoms with Crippen molar-refractivity contribution < 1.29 is 0 Å². The second kappa shape index (κ2) is 12.8. The number of aromatic nitrogens is 2. The highest BCUT2D eigenvalue weighted by molar-refractivity contribution is 7.26. The Bertz CT molecular complexity index is 3730. The van der Waals surface area contributed by atoms with E-state index in [9.17, 15) is 0 Å². The van der Waals surface area contributed by atoms with Crippen LogP contribution in [0.15, 0.2) is 206 Å². The Morgan fingerprint density at radius 1 is 0.468 bits per heavy atom. The van der Waals surface area contributed by atoms with Crippen LogP contribution in [0.25, 0.3) is 91.7 Å². The fourth-order valence-electron chi connectivity index (χ4n) is 11.5. The smallest absolute Gasteiger partial charge is 0.0975 e. The Balaban J connectivity index is 0.934. The van der Waals surface area contributed by atoms with Crippen molar-refractivity contribution in [1.82, 2.24) is 9.97 Å². The lowest BCUT2D eigenvalue weighted by atomic mass is 9.66. The lowest BCUT2D eigenvalue weighted by Crippen LogP contribution is -2.29. The summed E-state index contributed by atoms with van der Waals surface area (Å²) in [6, 6.07) is 67.5. The van der Waals surface area contributed by atoms with Crippen LogP contribution in [-0.2, 0) is 5.41 Å². The van der Waals surface area contributed by atoms with Crippen molar-refractivity contribution in [2.24, 2.45) is 0 Å². The van der Waals surface area contributed by atoms with Crippen molar-refractivity contribution >= 4 is 69.7 Å². The van der Waals surface area contributed by atoms with E-state index in [1.165, 1.54) is 97.7 Å². The number of benzene rings is 9. The Labute approximate surface area is 362 Å². The highest BCUT2D eigenvalue weighted by atomic mass is 32.1. The number of nitrogens with zero attached hydrogens (tertiary/aromatic N) is 2. The molecule has 288 valence electrons. The molecule has 1 unspecified atom stereocenters. The summed E-state index contributed by atoms with van der Waals surface area (Å²) in [5.41, 5.74) is 18.3. The van der Waals surface area contributed by atoms with Gasteiger partial charge in [-0.3, -0.25) is 4.98 Å². The predicted octanol–water partition coefficient (Wildman–Crippen LogP) is 15.5. The molecule has 1 spiro atoms. The molecule has 0 amide bonds. The van der Waals surface area contributed by atoms with E-state index < -0.39 is 5.41 Å². The Morgan fingerprint density at radius 3 is 1.87 bits per heavy atom. The van der Waals surface area contributed by atoms with Gasteiger partial charge in [0.15, 0.2) is 0 Å². The summed E-state index contributed by atoms with van der Waals surface area (Å²) in [6.45, 7) is 0. The fraction of sp³-hybridized carbons (Fsp3) is 0.0508. The van der Waals surface area contributed by atoms with Gasteiger partial charge in [-0.15, -0.1) is 11.3 Å². The van der Waals surface area contributed by atoms with Gasteiger partial charge < -0.3 is 0 Å². The zero-order valence-electron chi connectivity index (χ0n) is 33.6. The van der Waals surface area contributed by atoms with Gasteiger partial charge in [-0.25, -0.2) is 4.98 Å². The second-order valence-corrected chi connectivity index (χ2v) is 18.2. The molecule has 9 aromatic carbocycles. The van der Waals surface area contributed by atoms with E-state index >= 15 is 0 Å². The summed E-state index contributed by atoms with van der Waals surface area (Å²) >= 11 is 1.89. The third-order valence-corrected chi connectivity index (χ3v) is 15.3.